The third-order valence-corrected chi connectivity index (χ3v) is 5.27. The lowest BCUT2D eigenvalue weighted by atomic mass is 9.95. The molecular weight excluding hydrogens is 322 g/mol. The Hall–Kier alpha value is -2.07. The van der Waals surface area contributed by atoms with Gasteiger partial charge in [-0.1, -0.05) is 17.7 Å². The highest BCUT2D eigenvalue weighted by Crippen LogP contribution is 2.52. The van der Waals surface area contributed by atoms with Crippen molar-refractivity contribution >= 4 is 29.0 Å². The van der Waals surface area contributed by atoms with Crippen molar-refractivity contribution in [3.63, 3.8) is 0 Å². The monoisotopic (exact) mass is 341 g/mol. The van der Waals surface area contributed by atoms with Crippen molar-refractivity contribution < 1.29 is 4.79 Å². The van der Waals surface area contributed by atoms with Crippen molar-refractivity contribution in [2.24, 2.45) is 5.41 Å². The molecule has 1 spiro atoms. The second-order valence-electron chi connectivity index (χ2n) is 6.89. The van der Waals surface area contributed by atoms with Crippen LogP contribution in [0.2, 0.25) is 5.02 Å². The van der Waals surface area contributed by atoms with Crippen LogP contribution in [0.4, 0.5) is 11.5 Å². The summed E-state index contributed by atoms with van der Waals surface area (Å²) in [6.45, 7) is 2.16. The smallest absolute Gasteiger partial charge is 0.257 e. The Morgan fingerprint density at radius 3 is 2.79 bits per heavy atom. The van der Waals surface area contributed by atoms with Gasteiger partial charge in [-0.2, -0.15) is 0 Å². The van der Waals surface area contributed by atoms with Crippen LogP contribution >= 0.6 is 11.6 Å². The molecule has 1 saturated heterocycles. The van der Waals surface area contributed by atoms with Crippen molar-refractivity contribution in [3.8, 4) is 0 Å². The molecule has 0 bridgehead atoms. The normalized spacial score (nSPS) is 18.5. The molecule has 124 valence electrons. The maximum atomic E-state index is 12.3. The zero-order valence-electron chi connectivity index (χ0n) is 13.5. The molecule has 0 unspecified atom stereocenters. The van der Waals surface area contributed by atoms with Gasteiger partial charge in [-0.05, 0) is 61.4 Å². The van der Waals surface area contributed by atoms with E-state index >= 15 is 0 Å². The molecule has 1 saturated carbocycles. The van der Waals surface area contributed by atoms with Crippen LogP contribution in [0.3, 0.4) is 0 Å². The molecular formula is C19H20ClN3O. The molecule has 4 rings (SSSR count). The van der Waals surface area contributed by atoms with E-state index in [1.807, 2.05) is 24.3 Å². The molecule has 5 heteroatoms. The maximum Gasteiger partial charge on any atom is 0.257 e. The molecule has 24 heavy (non-hydrogen) atoms. The van der Waals surface area contributed by atoms with E-state index in [-0.39, 0.29) is 5.91 Å². The fourth-order valence-electron chi connectivity index (χ4n) is 3.47. The van der Waals surface area contributed by atoms with Gasteiger partial charge in [0.25, 0.3) is 5.91 Å². The van der Waals surface area contributed by atoms with Crippen molar-refractivity contribution in [1.82, 2.24) is 4.98 Å². The minimum Gasteiger partial charge on any atom is -0.356 e. The summed E-state index contributed by atoms with van der Waals surface area (Å²) in [5.41, 5.74) is 1.79. The number of nitrogens with one attached hydrogen (secondary N) is 1. The predicted octanol–water partition coefficient (Wildman–Crippen LogP) is 4.37. The van der Waals surface area contributed by atoms with E-state index in [1.165, 1.54) is 25.7 Å². The van der Waals surface area contributed by atoms with Crippen molar-refractivity contribution in [3.05, 3.63) is 53.2 Å². The van der Waals surface area contributed by atoms with Crippen molar-refractivity contribution in [1.29, 1.82) is 0 Å². The average Bonchev–Trinajstić information content (AvgIpc) is 3.33. The molecule has 1 amide bonds. The molecule has 0 radical (unpaired) electrons. The second-order valence-corrected chi connectivity index (χ2v) is 7.33. The quantitative estimate of drug-likeness (QED) is 0.901. The highest BCUT2D eigenvalue weighted by Gasteiger charge is 2.45. The number of benzene rings is 1. The first-order valence-corrected chi connectivity index (χ1v) is 8.79. The Morgan fingerprint density at radius 1 is 1.21 bits per heavy atom. The fraction of sp³-hybridized carbons (Fsp3) is 0.368. The van der Waals surface area contributed by atoms with E-state index in [1.54, 1.807) is 18.3 Å². The summed E-state index contributed by atoms with van der Waals surface area (Å²) in [6.07, 6.45) is 6.94. The summed E-state index contributed by atoms with van der Waals surface area (Å²) in [7, 11) is 0. The molecule has 2 aromatic rings. The third kappa shape index (κ3) is 3.24. The predicted molar refractivity (Wildman–Crippen MR) is 96.8 cm³/mol. The van der Waals surface area contributed by atoms with Gasteiger partial charge >= 0.3 is 0 Å². The molecule has 2 heterocycles. The molecule has 2 aliphatic rings. The van der Waals surface area contributed by atoms with Crippen LogP contribution in [0.25, 0.3) is 0 Å². The zero-order valence-corrected chi connectivity index (χ0v) is 14.2. The molecule has 1 aliphatic carbocycles. The molecule has 1 N–H and O–H groups in total. The van der Waals surface area contributed by atoms with Gasteiger partial charge in [0.05, 0.1) is 5.56 Å². The highest BCUT2D eigenvalue weighted by atomic mass is 35.5. The number of halogens is 1. The number of carbonyl (C=O) groups excluding carboxylic acids is 1. The molecule has 1 aromatic heterocycles. The lowest BCUT2D eigenvalue weighted by Gasteiger charge is -2.33. The number of pyridine rings is 1. The summed E-state index contributed by atoms with van der Waals surface area (Å²) in [4.78, 5) is 19.2. The van der Waals surface area contributed by atoms with Gasteiger partial charge in [0, 0.05) is 30.0 Å². The molecule has 1 aromatic carbocycles. The van der Waals surface area contributed by atoms with E-state index in [0.717, 1.165) is 18.9 Å². The van der Waals surface area contributed by atoms with E-state index in [0.29, 0.717) is 21.7 Å². The number of hydrogen-bond acceptors (Lipinski definition) is 3. The van der Waals surface area contributed by atoms with Crippen molar-refractivity contribution in [2.75, 3.05) is 23.3 Å². The largest absolute Gasteiger partial charge is 0.356 e. The first-order chi connectivity index (χ1) is 11.6. The number of aromatic nitrogens is 1. The van der Waals surface area contributed by atoms with Crippen LogP contribution in [0, 0.1) is 5.41 Å². The van der Waals surface area contributed by atoms with Gasteiger partial charge < -0.3 is 10.2 Å². The Bertz CT molecular complexity index is 755. The summed E-state index contributed by atoms with van der Waals surface area (Å²) in [6, 6.07) is 10.9. The van der Waals surface area contributed by atoms with Crippen LogP contribution in [0.15, 0.2) is 42.6 Å². The third-order valence-electron chi connectivity index (χ3n) is 5.04. The Balaban J connectivity index is 1.44. The van der Waals surface area contributed by atoms with Crippen LogP contribution in [0.5, 0.6) is 0 Å². The van der Waals surface area contributed by atoms with Crippen molar-refractivity contribution in [2.45, 2.75) is 25.7 Å². The molecule has 2 fully saturated rings. The second kappa shape index (κ2) is 6.10. The van der Waals surface area contributed by atoms with Gasteiger partial charge in [0.15, 0.2) is 0 Å². The Labute approximate surface area is 146 Å². The number of rotatable bonds is 3. The van der Waals surface area contributed by atoms with E-state index in [2.05, 4.69) is 15.2 Å². The fourth-order valence-corrected chi connectivity index (χ4v) is 3.66. The molecule has 0 atom stereocenters. The summed E-state index contributed by atoms with van der Waals surface area (Å²) >= 11 is 5.94. The first-order valence-electron chi connectivity index (χ1n) is 8.42. The minimum atomic E-state index is -0.173. The number of amides is 1. The standard InChI is InChI=1S/C19H20ClN3O/c20-15-3-1-4-16(11-15)22-18(24)14-5-6-17(21-12-14)23-10-2-7-19(13-23)8-9-19/h1,3-6,11-12H,2,7-10,13H2,(H,22,24). The van der Waals surface area contributed by atoms with Crippen LogP contribution in [-0.2, 0) is 0 Å². The number of anilines is 2. The van der Waals surface area contributed by atoms with Gasteiger partial charge in [-0.25, -0.2) is 4.98 Å². The highest BCUT2D eigenvalue weighted by molar-refractivity contribution is 6.30. The van der Waals surface area contributed by atoms with E-state index in [4.69, 9.17) is 11.6 Å². The molecule has 4 nitrogen and oxygen atoms in total. The van der Waals surface area contributed by atoms with Crippen LogP contribution in [0.1, 0.15) is 36.0 Å². The number of hydrogen-bond donors (Lipinski definition) is 1. The van der Waals surface area contributed by atoms with Gasteiger partial charge in [0.2, 0.25) is 0 Å². The van der Waals surface area contributed by atoms with Gasteiger partial charge in [-0.3, -0.25) is 4.79 Å². The average molecular weight is 342 g/mol. The minimum absolute atomic E-state index is 0.173. The zero-order chi connectivity index (χ0) is 16.6. The summed E-state index contributed by atoms with van der Waals surface area (Å²) in [5.74, 6) is 0.800. The lowest BCUT2D eigenvalue weighted by Crippen LogP contribution is -2.36. The first kappa shape index (κ1) is 15.5. The number of piperidine rings is 1. The van der Waals surface area contributed by atoms with Crippen LogP contribution < -0.4 is 10.2 Å². The van der Waals surface area contributed by atoms with E-state index in [9.17, 15) is 4.79 Å². The van der Waals surface area contributed by atoms with Crippen LogP contribution in [-0.4, -0.2) is 24.0 Å². The number of nitrogens with zero attached hydrogens (tertiary/aromatic N) is 2. The Kier molecular flexibility index (Phi) is 3.93. The van der Waals surface area contributed by atoms with Gasteiger partial charge in [-0.15, -0.1) is 0 Å². The summed E-state index contributed by atoms with van der Waals surface area (Å²) < 4.78 is 0. The van der Waals surface area contributed by atoms with Gasteiger partial charge in [0.1, 0.15) is 5.82 Å². The SMILES string of the molecule is O=C(Nc1cccc(Cl)c1)c1ccc(N2CCCC3(CC3)C2)nc1. The topological polar surface area (TPSA) is 45.2 Å². The summed E-state index contributed by atoms with van der Waals surface area (Å²) in [5, 5.41) is 3.44. The molecule has 1 aliphatic heterocycles. The Morgan fingerprint density at radius 2 is 2.08 bits per heavy atom. The maximum absolute atomic E-state index is 12.3. The van der Waals surface area contributed by atoms with E-state index < -0.39 is 0 Å². The lowest BCUT2D eigenvalue weighted by molar-refractivity contribution is 0.102. The number of carbonyl (C=O) groups is 1.